The smallest absolute Gasteiger partial charge is 0.138 e. The summed E-state index contributed by atoms with van der Waals surface area (Å²) in [4.78, 5) is 8.68. The van der Waals surface area contributed by atoms with E-state index in [0.29, 0.717) is 6.54 Å². The van der Waals surface area contributed by atoms with Crippen LogP contribution >= 0.6 is 11.3 Å². The molecule has 0 atom stereocenters. The van der Waals surface area contributed by atoms with E-state index < -0.39 is 0 Å². The second-order valence-corrected chi connectivity index (χ2v) is 7.13. The Kier molecular flexibility index (Phi) is 5.21. The molecule has 0 aliphatic rings. The first kappa shape index (κ1) is 18.0. The van der Waals surface area contributed by atoms with Gasteiger partial charge in [-0.3, -0.25) is 4.98 Å². The number of rotatable bonds is 6. The molecule has 0 radical (unpaired) electrons. The molecule has 4 rings (SSSR count). The number of benzene rings is 2. The molecule has 0 aliphatic carbocycles. The third kappa shape index (κ3) is 3.97. The average molecular weight is 388 g/mol. The molecule has 0 amide bonds. The molecule has 5 nitrogen and oxygen atoms in total. The number of nitrogens with zero attached hydrogens (tertiary/aromatic N) is 2. The molecule has 2 aromatic carbocycles. The predicted molar refractivity (Wildman–Crippen MR) is 116 cm³/mol. The van der Waals surface area contributed by atoms with E-state index in [9.17, 15) is 0 Å². The molecular weight excluding hydrogens is 368 g/mol. The molecule has 0 fully saturated rings. The predicted octanol–water partition coefficient (Wildman–Crippen LogP) is 5.08. The van der Waals surface area contributed by atoms with Gasteiger partial charge in [-0.05, 0) is 47.0 Å². The zero-order chi connectivity index (χ0) is 19.3. The van der Waals surface area contributed by atoms with Crippen LogP contribution in [0.4, 0.5) is 11.5 Å². The van der Waals surface area contributed by atoms with E-state index in [1.807, 2.05) is 53.9 Å². The highest BCUT2D eigenvalue weighted by Crippen LogP contribution is 2.28. The summed E-state index contributed by atoms with van der Waals surface area (Å²) in [6.07, 6.45) is 3.54. The highest BCUT2D eigenvalue weighted by atomic mass is 32.1. The Hall–Kier alpha value is -3.38. The summed E-state index contributed by atoms with van der Waals surface area (Å²) >= 11 is 1.60. The van der Waals surface area contributed by atoms with Crippen molar-refractivity contribution in [3.05, 3.63) is 77.9 Å². The lowest BCUT2D eigenvalue weighted by Crippen LogP contribution is -2.03. The summed E-state index contributed by atoms with van der Waals surface area (Å²) < 4.78 is 5.30. The second-order valence-electron chi connectivity index (χ2n) is 6.27. The summed E-state index contributed by atoms with van der Waals surface area (Å²) in [5, 5.41) is 6.33. The number of aromatic nitrogens is 2. The fourth-order valence-corrected chi connectivity index (χ4v) is 3.69. The minimum atomic E-state index is 0.615. The van der Waals surface area contributed by atoms with E-state index >= 15 is 0 Å². The number of ether oxygens (including phenoxy) is 1. The van der Waals surface area contributed by atoms with Gasteiger partial charge < -0.3 is 15.8 Å². The fourth-order valence-electron chi connectivity index (χ4n) is 2.91. The van der Waals surface area contributed by atoms with Gasteiger partial charge in [0.25, 0.3) is 0 Å². The van der Waals surface area contributed by atoms with Crippen molar-refractivity contribution < 1.29 is 4.74 Å². The van der Waals surface area contributed by atoms with Gasteiger partial charge in [0.15, 0.2) is 0 Å². The summed E-state index contributed by atoms with van der Waals surface area (Å²) in [6.45, 7) is 0.615. The van der Waals surface area contributed by atoms with E-state index in [0.717, 1.165) is 44.5 Å². The van der Waals surface area contributed by atoms with Gasteiger partial charge in [-0.2, -0.15) is 0 Å². The maximum absolute atomic E-state index is 6.29. The number of pyridine rings is 1. The molecule has 4 aromatic rings. The number of anilines is 2. The molecule has 2 heterocycles. The molecule has 0 saturated heterocycles. The fraction of sp³-hybridized carbons (Fsp3) is 0.0909. The summed E-state index contributed by atoms with van der Waals surface area (Å²) in [5.41, 5.74) is 11.3. The monoisotopic (exact) mass is 388 g/mol. The molecular formula is C22H20N4OS. The van der Waals surface area contributed by atoms with Gasteiger partial charge in [0.05, 0.1) is 7.11 Å². The Labute approximate surface area is 167 Å². The molecule has 140 valence electrons. The van der Waals surface area contributed by atoms with Crippen LogP contribution in [0.2, 0.25) is 0 Å². The van der Waals surface area contributed by atoms with Crippen LogP contribution in [0.5, 0.6) is 5.75 Å². The van der Waals surface area contributed by atoms with Crippen molar-refractivity contribution in [3.63, 3.8) is 0 Å². The van der Waals surface area contributed by atoms with Crippen LogP contribution in [0.25, 0.3) is 21.7 Å². The van der Waals surface area contributed by atoms with Crippen molar-refractivity contribution in [1.82, 2.24) is 9.97 Å². The lowest BCUT2D eigenvalue weighted by atomic mass is 10.0. The Morgan fingerprint density at radius 1 is 1.00 bits per heavy atom. The summed E-state index contributed by atoms with van der Waals surface area (Å²) in [7, 11) is 1.67. The molecule has 0 bridgehead atoms. The SMILES string of the molecule is COc1cccc(-c2ccc(CNc3csc(-c4ccncc4)n3)c(N)c2)c1. The summed E-state index contributed by atoms with van der Waals surface area (Å²) in [5.74, 6) is 1.67. The van der Waals surface area contributed by atoms with Crippen molar-refractivity contribution in [2.24, 2.45) is 0 Å². The second kappa shape index (κ2) is 8.10. The molecule has 0 spiro atoms. The maximum atomic E-state index is 6.29. The van der Waals surface area contributed by atoms with Crippen LogP contribution in [0.1, 0.15) is 5.56 Å². The molecule has 0 unspecified atom stereocenters. The van der Waals surface area contributed by atoms with Crippen LogP contribution < -0.4 is 15.8 Å². The van der Waals surface area contributed by atoms with Gasteiger partial charge in [0, 0.05) is 35.6 Å². The van der Waals surface area contributed by atoms with Crippen molar-refractivity contribution in [2.75, 3.05) is 18.2 Å². The minimum absolute atomic E-state index is 0.615. The lowest BCUT2D eigenvalue weighted by molar-refractivity contribution is 0.415. The largest absolute Gasteiger partial charge is 0.497 e. The van der Waals surface area contributed by atoms with E-state index in [4.69, 9.17) is 10.5 Å². The number of thiazole rings is 1. The topological polar surface area (TPSA) is 73.1 Å². The van der Waals surface area contributed by atoms with Gasteiger partial charge >= 0.3 is 0 Å². The molecule has 6 heteroatoms. The Morgan fingerprint density at radius 3 is 2.61 bits per heavy atom. The zero-order valence-corrected chi connectivity index (χ0v) is 16.2. The highest BCUT2D eigenvalue weighted by molar-refractivity contribution is 7.13. The van der Waals surface area contributed by atoms with Crippen molar-refractivity contribution in [1.29, 1.82) is 0 Å². The Balaban J connectivity index is 1.46. The van der Waals surface area contributed by atoms with Crippen LogP contribution in [-0.4, -0.2) is 17.1 Å². The van der Waals surface area contributed by atoms with E-state index in [1.54, 1.807) is 30.8 Å². The van der Waals surface area contributed by atoms with Crippen LogP contribution in [-0.2, 0) is 6.54 Å². The van der Waals surface area contributed by atoms with Crippen molar-refractivity contribution >= 4 is 22.8 Å². The van der Waals surface area contributed by atoms with E-state index in [1.165, 1.54) is 0 Å². The minimum Gasteiger partial charge on any atom is -0.497 e. The number of nitrogen functional groups attached to an aromatic ring is 1. The molecule has 0 saturated carbocycles. The first-order valence-electron chi connectivity index (χ1n) is 8.85. The van der Waals surface area contributed by atoms with Gasteiger partial charge in [0.2, 0.25) is 0 Å². The third-order valence-electron chi connectivity index (χ3n) is 4.44. The maximum Gasteiger partial charge on any atom is 0.138 e. The molecule has 0 aliphatic heterocycles. The lowest BCUT2D eigenvalue weighted by Gasteiger charge is -2.10. The van der Waals surface area contributed by atoms with Gasteiger partial charge in [-0.25, -0.2) is 4.98 Å². The van der Waals surface area contributed by atoms with Crippen LogP contribution in [0, 0.1) is 0 Å². The standard InChI is InChI=1S/C22H20N4OS/c1-27-19-4-2-3-16(11-19)17-5-6-18(20(23)12-17)13-25-21-14-28-22(26-21)15-7-9-24-10-8-15/h2-12,14,25H,13,23H2,1H3. The third-order valence-corrected chi connectivity index (χ3v) is 5.33. The van der Waals surface area contributed by atoms with Crippen molar-refractivity contribution in [3.8, 4) is 27.4 Å². The Morgan fingerprint density at radius 2 is 1.82 bits per heavy atom. The summed E-state index contributed by atoms with van der Waals surface area (Å²) in [6, 6.07) is 18.0. The first-order valence-corrected chi connectivity index (χ1v) is 9.73. The number of nitrogens with two attached hydrogens (primary N) is 1. The van der Waals surface area contributed by atoms with Crippen LogP contribution in [0.3, 0.4) is 0 Å². The molecule has 3 N–H and O–H groups in total. The van der Waals surface area contributed by atoms with Gasteiger partial charge in [0.1, 0.15) is 16.6 Å². The quantitative estimate of drug-likeness (QED) is 0.451. The van der Waals surface area contributed by atoms with Crippen LogP contribution in [0.15, 0.2) is 72.4 Å². The number of hydrogen-bond acceptors (Lipinski definition) is 6. The normalized spacial score (nSPS) is 10.6. The van der Waals surface area contributed by atoms with Crippen molar-refractivity contribution in [2.45, 2.75) is 6.54 Å². The number of hydrogen-bond donors (Lipinski definition) is 2. The number of methoxy groups -OCH3 is 1. The molecule has 2 aromatic heterocycles. The van der Waals surface area contributed by atoms with Gasteiger partial charge in [-0.1, -0.05) is 24.3 Å². The highest BCUT2D eigenvalue weighted by Gasteiger charge is 2.07. The van der Waals surface area contributed by atoms with E-state index in [2.05, 4.69) is 21.4 Å². The average Bonchev–Trinajstić information content (AvgIpc) is 3.22. The van der Waals surface area contributed by atoms with Gasteiger partial charge in [-0.15, -0.1) is 11.3 Å². The van der Waals surface area contributed by atoms with E-state index in [-0.39, 0.29) is 0 Å². The number of nitrogens with one attached hydrogen (secondary N) is 1. The Bertz CT molecular complexity index is 1080. The molecule has 28 heavy (non-hydrogen) atoms. The first-order chi connectivity index (χ1) is 13.7. The zero-order valence-electron chi connectivity index (χ0n) is 15.4.